The highest BCUT2D eigenvalue weighted by Crippen LogP contribution is 2.44. The number of fused-ring (bicyclic) bond motifs is 1. The summed E-state index contributed by atoms with van der Waals surface area (Å²) in [7, 11) is 4.55. The molecule has 0 amide bonds. The molecule has 1 heterocycles. The molecule has 74 valence electrons. The van der Waals surface area contributed by atoms with Crippen molar-refractivity contribution in [3.05, 3.63) is 10.1 Å². The summed E-state index contributed by atoms with van der Waals surface area (Å²) in [6.45, 7) is 2.41. The third kappa shape index (κ3) is 1.74. The third-order valence-corrected chi connectivity index (χ3v) is 4.31. The molecule has 2 rings (SSSR count). The van der Waals surface area contributed by atoms with Crippen molar-refractivity contribution in [1.29, 1.82) is 0 Å². The zero-order chi connectivity index (χ0) is 9.64. The van der Waals surface area contributed by atoms with Crippen molar-refractivity contribution in [2.75, 3.05) is 27.2 Å². The topological polar surface area (TPSA) is 0 Å². The summed E-state index contributed by atoms with van der Waals surface area (Å²) in [4.78, 5) is 0. The van der Waals surface area contributed by atoms with Crippen LogP contribution in [-0.4, -0.2) is 31.7 Å². The smallest absolute Gasteiger partial charge is 0.0866 e. The number of rotatable bonds is 0. The Morgan fingerprint density at radius 3 is 2.62 bits per heavy atom. The van der Waals surface area contributed by atoms with E-state index in [1.54, 1.807) is 0 Å². The molecule has 0 aromatic heterocycles. The highest BCUT2D eigenvalue weighted by Gasteiger charge is 2.44. The van der Waals surface area contributed by atoms with Gasteiger partial charge in [-0.3, -0.25) is 0 Å². The fraction of sp³-hybridized carbons (Fsp3) is 0.800. The number of likely N-dealkylation sites (tertiary alicyclic amines) is 1. The van der Waals surface area contributed by atoms with Crippen LogP contribution < -0.4 is 0 Å². The van der Waals surface area contributed by atoms with Gasteiger partial charge in [-0.25, -0.2) is 0 Å². The largest absolute Gasteiger partial charge is 0.328 e. The minimum atomic E-state index is 0.540. The fourth-order valence-corrected chi connectivity index (χ4v) is 3.32. The van der Waals surface area contributed by atoms with Gasteiger partial charge in [0.2, 0.25) is 0 Å². The van der Waals surface area contributed by atoms with E-state index in [0.29, 0.717) is 5.92 Å². The second-order valence-electron chi connectivity index (χ2n) is 4.96. The first-order valence-corrected chi connectivity index (χ1v) is 5.61. The molecule has 1 nitrogen and oxygen atoms in total. The van der Waals surface area contributed by atoms with E-state index in [0.717, 1.165) is 33.4 Å². The predicted molar refractivity (Wildman–Crippen MR) is 56.8 cm³/mol. The van der Waals surface area contributed by atoms with E-state index in [9.17, 15) is 0 Å². The Labute approximate surface area is 89.9 Å². The average Bonchev–Trinajstić information content (AvgIpc) is 2.34. The zero-order valence-electron chi connectivity index (χ0n) is 8.19. The molecular formula is C10H16Cl2N+. The lowest BCUT2D eigenvalue weighted by Crippen LogP contribution is -2.36. The summed E-state index contributed by atoms with van der Waals surface area (Å²) in [5, 5.41) is 1.85. The molecule has 3 heteroatoms. The molecule has 1 aliphatic carbocycles. The first-order valence-electron chi connectivity index (χ1n) is 4.86. The van der Waals surface area contributed by atoms with E-state index in [-0.39, 0.29) is 0 Å². The molecule has 0 aromatic rings. The Morgan fingerprint density at radius 1 is 1.23 bits per heavy atom. The van der Waals surface area contributed by atoms with Crippen molar-refractivity contribution in [1.82, 2.24) is 0 Å². The molecule has 2 aliphatic rings. The minimum Gasteiger partial charge on any atom is -0.328 e. The summed E-state index contributed by atoms with van der Waals surface area (Å²) in [6.07, 6.45) is 2.21. The molecule has 0 radical (unpaired) electrons. The van der Waals surface area contributed by atoms with Gasteiger partial charge in [0.25, 0.3) is 0 Å². The first-order chi connectivity index (χ1) is 5.99. The molecule has 0 saturated carbocycles. The Hall–Kier alpha value is 0.280. The lowest BCUT2D eigenvalue weighted by atomic mass is 9.86. The lowest BCUT2D eigenvalue weighted by Gasteiger charge is -2.23. The van der Waals surface area contributed by atoms with E-state index in [2.05, 4.69) is 14.1 Å². The summed E-state index contributed by atoms with van der Waals surface area (Å²) < 4.78 is 1.09. The fourth-order valence-electron chi connectivity index (χ4n) is 2.73. The molecule has 1 fully saturated rings. The van der Waals surface area contributed by atoms with Gasteiger partial charge < -0.3 is 4.48 Å². The van der Waals surface area contributed by atoms with E-state index in [1.165, 1.54) is 13.0 Å². The van der Waals surface area contributed by atoms with Crippen molar-refractivity contribution < 1.29 is 4.48 Å². The Morgan fingerprint density at radius 2 is 1.92 bits per heavy atom. The zero-order valence-corrected chi connectivity index (χ0v) is 9.70. The van der Waals surface area contributed by atoms with Gasteiger partial charge in [-0.1, -0.05) is 23.2 Å². The first kappa shape index (κ1) is 9.82. The Bertz CT molecular complexity index is 258. The summed E-state index contributed by atoms with van der Waals surface area (Å²) in [6, 6.07) is 0. The van der Waals surface area contributed by atoms with Crippen LogP contribution in [0.4, 0.5) is 0 Å². The molecule has 13 heavy (non-hydrogen) atoms. The Kier molecular flexibility index (Phi) is 2.38. The maximum atomic E-state index is 6.23. The molecule has 0 aromatic carbocycles. The molecule has 1 saturated heterocycles. The van der Waals surface area contributed by atoms with Crippen LogP contribution in [0.15, 0.2) is 10.1 Å². The minimum absolute atomic E-state index is 0.540. The predicted octanol–water partition coefficient (Wildman–Crippen LogP) is 2.79. The van der Waals surface area contributed by atoms with Crippen LogP contribution in [0, 0.1) is 11.8 Å². The standard InChI is InChI=1S/C10H16Cl2N/c1-13(2)5-7-3-4-9(11)10(12)8(7)6-13/h7-8H,3-6H2,1-2H3/q+1/t7-,8+/m0/s1. The van der Waals surface area contributed by atoms with E-state index >= 15 is 0 Å². The molecule has 0 spiro atoms. The second-order valence-corrected chi connectivity index (χ2v) is 5.82. The van der Waals surface area contributed by atoms with Crippen LogP contribution >= 0.6 is 23.2 Å². The van der Waals surface area contributed by atoms with Crippen LogP contribution in [0.25, 0.3) is 0 Å². The SMILES string of the molecule is C[N+]1(C)C[C@@H]2CCC(Cl)=C(Cl)[C@@H]2C1. The number of hydrogen-bond donors (Lipinski definition) is 0. The number of hydrogen-bond acceptors (Lipinski definition) is 0. The third-order valence-electron chi connectivity index (χ3n) is 3.31. The summed E-state index contributed by atoms with van der Waals surface area (Å²) in [5.74, 6) is 1.31. The van der Waals surface area contributed by atoms with Crippen molar-refractivity contribution in [3.63, 3.8) is 0 Å². The van der Waals surface area contributed by atoms with E-state index in [1.807, 2.05) is 0 Å². The number of allylic oxidation sites excluding steroid dienone is 1. The second kappa shape index (κ2) is 3.15. The monoisotopic (exact) mass is 220 g/mol. The van der Waals surface area contributed by atoms with E-state index < -0.39 is 0 Å². The van der Waals surface area contributed by atoms with E-state index in [4.69, 9.17) is 23.2 Å². The highest BCUT2D eigenvalue weighted by atomic mass is 35.5. The van der Waals surface area contributed by atoms with Crippen LogP contribution in [0.5, 0.6) is 0 Å². The van der Waals surface area contributed by atoms with Gasteiger partial charge in [0.05, 0.1) is 33.1 Å². The van der Waals surface area contributed by atoms with Gasteiger partial charge in [-0.15, -0.1) is 0 Å². The van der Waals surface area contributed by atoms with Gasteiger partial charge in [0.1, 0.15) is 0 Å². The molecule has 1 aliphatic heterocycles. The maximum absolute atomic E-state index is 6.23. The summed E-state index contributed by atoms with van der Waals surface area (Å²) in [5.41, 5.74) is 0. The number of nitrogens with zero attached hydrogens (tertiary/aromatic N) is 1. The van der Waals surface area contributed by atoms with Crippen molar-refractivity contribution in [2.45, 2.75) is 12.8 Å². The van der Waals surface area contributed by atoms with Gasteiger partial charge in [-0.05, 0) is 12.8 Å². The quantitative estimate of drug-likeness (QED) is 0.552. The molecule has 0 unspecified atom stereocenters. The molecular weight excluding hydrogens is 205 g/mol. The molecule has 0 N–H and O–H groups in total. The number of halogens is 2. The van der Waals surface area contributed by atoms with Crippen molar-refractivity contribution in [2.24, 2.45) is 11.8 Å². The van der Waals surface area contributed by atoms with Gasteiger partial charge in [0.15, 0.2) is 0 Å². The van der Waals surface area contributed by atoms with Crippen LogP contribution in [0.3, 0.4) is 0 Å². The van der Waals surface area contributed by atoms with Crippen molar-refractivity contribution >= 4 is 23.2 Å². The van der Waals surface area contributed by atoms with Crippen molar-refractivity contribution in [3.8, 4) is 0 Å². The average molecular weight is 221 g/mol. The summed E-state index contributed by atoms with van der Waals surface area (Å²) >= 11 is 12.3. The highest BCUT2D eigenvalue weighted by molar-refractivity contribution is 6.39. The number of quaternary nitrogens is 1. The normalized spacial score (nSPS) is 37.8. The van der Waals surface area contributed by atoms with Gasteiger partial charge in [-0.2, -0.15) is 0 Å². The van der Waals surface area contributed by atoms with Crippen LogP contribution in [0.2, 0.25) is 0 Å². The molecule has 0 bridgehead atoms. The van der Waals surface area contributed by atoms with Crippen LogP contribution in [-0.2, 0) is 0 Å². The molecule has 2 atom stereocenters. The maximum Gasteiger partial charge on any atom is 0.0866 e. The van der Waals surface area contributed by atoms with Gasteiger partial charge in [0, 0.05) is 16.0 Å². The van der Waals surface area contributed by atoms with Gasteiger partial charge >= 0.3 is 0 Å². The van der Waals surface area contributed by atoms with Crippen LogP contribution in [0.1, 0.15) is 12.8 Å². The Balaban J connectivity index is 2.24. The lowest BCUT2D eigenvalue weighted by molar-refractivity contribution is -0.880.